The summed E-state index contributed by atoms with van der Waals surface area (Å²) in [4.78, 5) is 0. The molecule has 1 N–H and O–H groups in total. The van der Waals surface area contributed by atoms with Gasteiger partial charge in [-0.25, -0.2) is 0 Å². The fraction of sp³-hybridized carbons (Fsp3) is 1.00. The molecule has 0 aromatic heterocycles. The highest BCUT2D eigenvalue weighted by molar-refractivity contribution is 4.81. The first kappa shape index (κ1) is 24.2. The zero-order valence-corrected chi connectivity index (χ0v) is 18.2. The predicted octanol–water partition coefficient (Wildman–Crippen LogP) is 0.299. The summed E-state index contributed by atoms with van der Waals surface area (Å²) in [5.74, 6) is 0. The fourth-order valence-corrected chi connectivity index (χ4v) is 3.18. The van der Waals surface area contributed by atoms with Gasteiger partial charge in [0.15, 0.2) is 18.9 Å². The molecule has 3 heterocycles. The van der Waals surface area contributed by atoms with Crippen molar-refractivity contribution in [3.63, 3.8) is 0 Å². The number of ether oxygens (including phenoxy) is 9. The standard InChI is InChI=1S/C20H36O10/c1-14-22-4-17(5-23-14)28-11-20(10-21,12-29-18-6-24-15(2)25-7-18)13-30-19-8-26-16(3)27-9-19/h14-19,21H,4-13H2,1-3H3. The predicted molar refractivity (Wildman–Crippen MR) is 103 cm³/mol. The fourth-order valence-electron chi connectivity index (χ4n) is 3.18. The van der Waals surface area contributed by atoms with E-state index in [2.05, 4.69) is 0 Å². The van der Waals surface area contributed by atoms with Crippen LogP contribution in [0, 0.1) is 5.41 Å². The van der Waals surface area contributed by atoms with Crippen molar-refractivity contribution in [2.45, 2.75) is 58.0 Å². The van der Waals surface area contributed by atoms with Crippen molar-refractivity contribution in [2.24, 2.45) is 5.41 Å². The third-order valence-corrected chi connectivity index (χ3v) is 5.31. The number of rotatable bonds is 10. The molecule has 0 unspecified atom stereocenters. The zero-order valence-electron chi connectivity index (χ0n) is 18.2. The summed E-state index contributed by atoms with van der Waals surface area (Å²) < 4.78 is 50.9. The van der Waals surface area contributed by atoms with E-state index in [1.54, 1.807) is 0 Å². The van der Waals surface area contributed by atoms with Crippen LogP contribution in [0.15, 0.2) is 0 Å². The Bertz CT molecular complexity index is 404. The van der Waals surface area contributed by atoms with Gasteiger partial charge in [-0.1, -0.05) is 0 Å². The van der Waals surface area contributed by atoms with Gasteiger partial charge < -0.3 is 47.7 Å². The van der Waals surface area contributed by atoms with Gasteiger partial charge in [-0.3, -0.25) is 0 Å². The molecule has 176 valence electrons. The molecule has 0 aliphatic carbocycles. The highest BCUT2D eigenvalue weighted by Crippen LogP contribution is 2.24. The van der Waals surface area contributed by atoms with E-state index >= 15 is 0 Å². The monoisotopic (exact) mass is 436 g/mol. The van der Waals surface area contributed by atoms with Crippen molar-refractivity contribution in [2.75, 3.05) is 66.1 Å². The molecule has 3 aliphatic heterocycles. The molecular weight excluding hydrogens is 400 g/mol. The van der Waals surface area contributed by atoms with Gasteiger partial charge in [0, 0.05) is 0 Å². The summed E-state index contributed by atoms with van der Waals surface area (Å²) in [5, 5.41) is 10.3. The molecule has 10 nitrogen and oxygen atoms in total. The van der Waals surface area contributed by atoms with Gasteiger partial charge in [0.25, 0.3) is 0 Å². The van der Waals surface area contributed by atoms with Gasteiger partial charge in [-0.15, -0.1) is 0 Å². The first-order valence-electron chi connectivity index (χ1n) is 10.6. The number of hydrogen-bond acceptors (Lipinski definition) is 10. The van der Waals surface area contributed by atoms with E-state index in [9.17, 15) is 5.11 Å². The first-order valence-corrected chi connectivity index (χ1v) is 10.6. The Balaban J connectivity index is 1.53. The molecule has 10 heteroatoms. The summed E-state index contributed by atoms with van der Waals surface area (Å²) in [7, 11) is 0. The summed E-state index contributed by atoms with van der Waals surface area (Å²) >= 11 is 0. The normalized spacial score (nSPS) is 37.6. The Morgan fingerprint density at radius 2 is 0.867 bits per heavy atom. The molecule has 0 aromatic rings. The average molecular weight is 436 g/mol. The Hall–Kier alpha value is -0.400. The van der Waals surface area contributed by atoms with Crippen molar-refractivity contribution < 1.29 is 47.7 Å². The molecule has 0 amide bonds. The minimum Gasteiger partial charge on any atom is -0.396 e. The van der Waals surface area contributed by atoms with E-state index in [0.717, 1.165) is 0 Å². The average Bonchev–Trinajstić information content (AvgIpc) is 2.77. The molecule has 3 fully saturated rings. The maximum Gasteiger partial charge on any atom is 0.155 e. The van der Waals surface area contributed by atoms with Crippen LogP contribution in [0.4, 0.5) is 0 Å². The van der Waals surface area contributed by atoms with Gasteiger partial charge in [0.05, 0.1) is 71.5 Å². The molecular formula is C20H36O10. The quantitative estimate of drug-likeness (QED) is 0.514. The van der Waals surface area contributed by atoms with Crippen LogP contribution >= 0.6 is 0 Å². The number of aliphatic hydroxyl groups excluding tert-OH is 1. The van der Waals surface area contributed by atoms with Crippen LogP contribution in [0.1, 0.15) is 20.8 Å². The maximum atomic E-state index is 10.3. The lowest BCUT2D eigenvalue weighted by Crippen LogP contribution is -2.48. The van der Waals surface area contributed by atoms with Gasteiger partial charge in [-0.05, 0) is 20.8 Å². The van der Waals surface area contributed by atoms with Crippen molar-refractivity contribution in [3.8, 4) is 0 Å². The van der Waals surface area contributed by atoms with Crippen LogP contribution in [-0.2, 0) is 42.6 Å². The Labute approximate surface area is 177 Å². The van der Waals surface area contributed by atoms with E-state index in [-0.39, 0.29) is 63.6 Å². The molecule has 0 radical (unpaired) electrons. The van der Waals surface area contributed by atoms with Crippen LogP contribution in [-0.4, -0.2) is 108 Å². The molecule has 0 spiro atoms. The summed E-state index contributed by atoms with van der Waals surface area (Å²) in [6, 6.07) is 0. The van der Waals surface area contributed by atoms with E-state index in [1.165, 1.54) is 0 Å². The molecule has 0 bridgehead atoms. The van der Waals surface area contributed by atoms with Crippen LogP contribution in [0.2, 0.25) is 0 Å². The molecule has 0 aromatic carbocycles. The van der Waals surface area contributed by atoms with Gasteiger partial charge >= 0.3 is 0 Å². The summed E-state index contributed by atoms with van der Waals surface area (Å²) in [5.41, 5.74) is -0.769. The zero-order chi connectivity index (χ0) is 21.4. The minimum atomic E-state index is -0.769. The molecule has 30 heavy (non-hydrogen) atoms. The molecule has 0 atom stereocenters. The van der Waals surface area contributed by atoms with Gasteiger partial charge in [0.2, 0.25) is 0 Å². The minimum absolute atomic E-state index is 0.173. The second-order valence-corrected chi connectivity index (χ2v) is 8.16. The summed E-state index contributed by atoms with van der Waals surface area (Å²) in [6.07, 6.45) is -1.34. The first-order chi connectivity index (χ1) is 14.5. The lowest BCUT2D eigenvalue weighted by Gasteiger charge is -2.37. The highest BCUT2D eigenvalue weighted by Gasteiger charge is 2.36. The van der Waals surface area contributed by atoms with Gasteiger partial charge in [0.1, 0.15) is 18.3 Å². The second kappa shape index (κ2) is 12.0. The Morgan fingerprint density at radius 1 is 0.600 bits per heavy atom. The van der Waals surface area contributed by atoms with Crippen LogP contribution in [0.3, 0.4) is 0 Å². The smallest absolute Gasteiger partial charge is 0.155 e. The van der Waals surface area contributed by atoms with Crippen LogP contribution in [0.5, 0.6) is 0 Å². The lowest BCUT2D eigenvalue weighted by atomic mass is 9.92. The Kier molecular flexibility index (Phi) is 9.70. The van der Waals surface area contributed by atoms with E-state index in [4.69, 9.17) is 42.6 Å². The highest BCUT2D eigenvalue weighted by atomic mass is 16.7. The van der Waals surface area contributed by atoms with Crippen molar-refractivity contribution >= 4 is 0 Å². The molecule has 3 aliphatic rings. The van der Waals surface area contributed by atoms with Crippen molar-refractivity contribution in [1.29, 1.82) is 0 Å². The maximum absolute atomic E-state index is 10.3. The second-order valence-electron chi connectivity index (χ2n) is 8.16. The molecule has 0 saturated carbocycles. The lowest BCUT2D eigenvalue weighted by molar-refractivity contribution is -0.248. The van der Waals surface area contributed by atoms with Crippen LogP contribution < -0.4 is 0 Å². The topological polar surface area (TPSA) is 103 Å². The van der Waals surface area contributed by atoms with E-state index in [0.29, 0.717) is 39.6 Å². The third-order valence-electron chi connectivity index (χ3n) is 5.31. The Morgan fingerprint density at radius 3 is 1.10 bits per heavy atom. The third kappa shape index (κ3) is 7.63. The van der Waals surface area contributed by atoms with E-state index in [1.807, 2.05) is 20.8 Å². The number of hydrogen-bond donors (Lipinski definition) is 1. The number of aliphatic hydroxyl groups is 1. The van der Waals surface area contributed by atoms with Crippen molar-refractivity contribution in [1.82, 2.24) is 0 Å². The molecule has 3 rings (SSSR count). The SMILES string of the molecule is CC1OCC(OCC(CO)(COC2COC(C)OC2)COC2COC(C)OC2)CO1. The van der Waals surface area contributed by atoms with Crippen molar-refractivity contribution in [3.05, 3.63) is 0 Å². The summed E-state index contributed by atoms with van der Waals surface area (Å²) in [6.45, 7) is 8.69. The van der Waals surface area contributed by atoms with Crippen LogP contribution in [0.25, 0.3) is 0 Å². The molecule has 3 saturated heterocycles. The van der Waals surface area contributed by atoms with E-state index < -0.39 is 5.41 Å². The van der Waals surface area contributed by atoms with Gasteiger partial charge in [-0.2, -0.15) is 0 Å². The largest absolute Gasteiger partial charge is 0.396 e.